The average Bonchev–Trinajstić information content (AvgIpc) is 3.10. The summed E-state index contributed by atoms with van der Waals surface area (Å²) in [6.07, 6.45) is 1.57. The summed E-state index contributed by atoms with van der Waals surface area (Å²) in [7, 11) is 1.96. The van der Waals surface area contributed by atoms with E-state index in [9.17, 15) is 0 Å². The molecule has 0 aliphatic rings. The Morgan fingerprint density at radius 2 is 2.05 bits per heavy atom. The first-order chi connectivity index (χ1) is 9.33. The van der Waals surface area contributed by atoms with Gasteiger partial charge in [-0.3, -0.25) is 0 Å². The van der Waals surface area contributed by atoms with Crippen LogP contribution in [0.25, 0.3) is 11.4 Å². The lowest BCUT2D eigenvalue weighted by molar-refractivity contribution is 0.411. The highest BCUT2D eigenvalue weighted by Gasteiger charge is 2.11. The van der Waals surface area contributed by atoms with Crippen molar-refractivity contribution in [3.63, 3.8) is 0 Å². The van der Waals surface area contributed by atoms with Gasteiger partial charge in [0.15, 0.2) is 5.82 Å². The average molecular weight is 272 g/mol. The van der Waals surface area contributed by atoms with Gasteiger partial charge in [0.2, 0.25) is 5.13 Å². The Hall–Kier alpha value is -2.21. The summed E-state index contributed by atoms with van der Waals surface area (Å²) >= 11 is 1.38. The first kappa shape index (κ1) is 11.9. The molecule has 0 aliphatic carbocycles. The number of hydrogen-bond acceptors (Lipinski definition) is 6. The van der Waals surface area contributed by atoms with Crippen LogP contribution in [-0.2, 0) is 6.54 Å². The molecule has 6 heteroatoms. The second-order valence-corrected chi connectivity index (χ2v) is 4.84. The van der Waals surface area contributed by atoms with Crippen LogP contribution in [0.3, 0.4) is 0 Å². The molecule has 0 radical (unpaired) electrons. The maximum Gasteiger partial charge on any atom is 0.205 e. The normalized spacial score (nSPS) is 10.6. The smallest absolute Gasteiger partial charge is 0.205 e. The standard InChI is InChI=1S/C13H12N4OS/c1-17(9-11-7-8-18-15-11)13-14-12(16-19-13)10-5-3-2-4-6-10/h2-8H,9H2,1H3. The highest BCUT2D eigenvalue weighted by Crippen LogP contribution is 2.23. The molecule has 1 aromatic carbocycles. The molecule has 0 saturated heterocycles. The fourth-order valence-electron chi connectivity index (χ4n) is 1.70. The van der Waals surface area contributed by atoms with Gasteiger partial charge in [-0.25, -0.2) is 0 Å². The Labute approximate surface area is 114 Å². The molecule has 3 rings (SSSR count). The molecule has 0 atom stereocenters. The van der Waals surface area contributed by atoms with E-state index in [1.807, 2.05) is 48.3 Å². The van der Waals surface area contributed by atoms with Crippen LogP contribution in [0.1, 0.15) is 5.69 Å². The topological polar surface area (TPSA) is 55.1 Å². The first-order valence-corrected chi connectivity index (χ1v) is 6.60. The van der Waals surface area contributed by atoms with E-state index in [1.165, 1.54) is 11.5 Å². The molecule has 0 N–H and O–H groups in total. The van der Waals surface area contributed by atoms with Crippen molar-refractivity contribution in [1.29, 1.82) is 0 Å². The van der Waals surface area contributed by atoms with Crippen LogP contribution in [0.5, 0.6) is 0 Å². The first-order valence-electron chi connectivity index (χ1n) is 5.82. The van der Waals surface area contributed by atoms with Gasteiger partial charge >= 0.3 is 0 Å². The molecule has 0 fully saturated rings. The van der Waals surface area contributed by atoms with Crippen LogP contribution in [-0.4, -0.2) is 21.6 Å². The molecule has 19 heavy (non-hydrogen) atoms. The van der Waals surface area contributed by atoms with Gasteiger partial charge in [0.1, 0.15) is 12.0 Å². The number of aromatic nitrogens is 3. The zero-order valence-corrected chi connectivity index (χ0v) is 11.2. The minimum atomic E-state index is 0.653. The SMILES string of the molecule is CN(Cc1ccon1)c1nc(-c2ccccc2)ns1. The molecule has 0 saturated carbocycles. The maximum atomic E-state index is 4.82. The van der Waals surface area contributed by atoms with E-state index in [4.69, 9.17) is 4.52 Å². The van der Waals surface area contributed by atoms with Crippen LogP contribution in [0.4, 0.5) is 5.13 Å². The molecule has 2 aromatic heterocycles. The Kier molecular flexibility index (Phi) is 3.24. The molecule has 0 unspecified atom stereocenters. The van der Waals surface area contributed by atoms with Crippen molar-refractivity contribution in [2.75, 3.05) is 11.9 Å². The van der Waals surface area contributed by atoms with E-state index < -0.39 is 0 Å². The molecule has 0 bridgehead atoms. The van der Waals surface area contributed by atoms with Gasteiger partial charge in [0, 0.05) is 30.2 Å². The van der Waals surface area contributed by atoms with E-state index in [0.29, 0.717) is 6.54 Å². The van der Waals surface area contributed by atoms with E-state index in [-0.39, 0.29) is 0 Å². The Morgan fingerprint density at radius 1 is 1.21 bits per heavy atom. The minimum Gasteiger partial charge on any atom is -0.364 e. The lowest BCUT2D eigenvalue weighted by Gasteiger charge is -2.12. The van der Waals surface area contributed by atoms with E-state index in [2.05, 4.69) is 14.5 Å². The Bertz CT molecular complexity index is 636. The lowest BCUT2D eigenvalue weighted by atomic mass is 10.2. The summed E-state index contributed by atoms with van der Waals surface area (Å²) in [5.41, 5.74) is 1.90. The van der Waals surface area contributed by atoms with Crippen molar-refractivity contribution in [2.45, 2.75) is 6.54 Å². The fourth-order valence-corrected chi connectivity index (χ4v) is 2.35. The summed E-state index contributed by atoms with van der Waals surface area (Å²) in [5.74, 6) is 0.757. The van der Waals surface area contributed by atoms with Gasteiger partial charge < -0.3 is 9.42 Å². The minimum absolute atomic E-state index is 0.653. The van der Waals surface area contributed by atoms with Crippen LogP contribution in [0.15, 0.2) is 47.2 Å². The summed E-state index contributed by atoms with van der Waals surface area (Å²) in [6.45, 7) is 0.653. The quantitative estimate of drug-likeness (QED) is 0.731. The number of rotatable bonds is 4. The largest absolute Gasteiger partial charge is 0.364 e. The van der Waals surface area contributed by atoms with Gasteiger partial charge in [0.05, 0.1) is 6.54 Å². The molecule has 5 nitrogen and oxygen atoms in total. The van der Waals surface area contributed by atoms with Gasteiger partial charge in [-0.15, -0.1) is 0 Å². The zero-order chi connectivity index (χ0) is 13.1. The molecule has 96 valence electrons. The van der Waals surface area contributed by atoms with Crippen molar-refractivity contribution in [1.82, 2.24) is 14.5 Å². The third kappa shape index (κ3) is 2.63. The van der Waals surface area contributed by atoms with Gasteiger partial charge in [-0.05, 0) is 0 Å². The lowest BCUT2D eigenvalue weighted by Crippen LogP contribution is -2.16. The third-order valence-electron chi connectivity index (χ3n) is 2.66. The van der Waals surface area contributed by atoms with Crippen molar-refractivity contribution in [2.24, 2.45) is 0 Å². The summed E-state index contributed by atoms with van der Waals surface area (Å²) in [4.78, 5) is 6.54. The number of hydrogen-bond donors (Lipinski definition) is 0. The molecular formula is C13H12N4OS. The summed E-state index contributed by atoms with van der Waals surface area (Å²) in [5, 5.41) is 4.75. The van der Waals surface area contributed by atoms with Gasteiger partial charge in [-0.1, -0.05) is 35.5 Å². The summed E-state index contributed by atoms with van der Waals surface area (Å²) in [6, 6.07) is 11.8. The zero-order valence-electron chi connectivity index (χ0n) is 10.4. The van der Waals surface area contributed by atoms with E-state index >= 15 is 0 Å². The monoisotopic (exact) mass is 272 g/mol. The molecule has 3 aromatic rings. The molecule has 0 spiro atoms. The highest BCUT2D eigenvalue weighted by molar-refractivity contribution is 7.09. The highest BCUT2D eigenvalue weighted by atomic mass is 32.1. The third-order valence-corrected chi connectivity index (χ3v) is 3.49. The summed E-state index contributed by atoms with van der Waals surface area (Å²) < 4.78 is 9.20. The molecule has 0 amide bonds. The fraction of sp³-hybridized carbons (Fsp3) is 0.154. The second kappa shape index (κ2) is 5.19. The number of nitrogens with zero attached hydrogens (tertiary/aromatic N) is 4. The van der Waals surface area contributed by atoms with Crippen LogP contribution in [0.2, 0.25) is 0 Å². The Morgan fingerprint density at radius 3 is 2.79 bits per heavy atom. The Balaban J connectivity index is 1.78. The van der Waals surface area contributed by atoms with Crippen LogP contribution in [0, 0.1) is 0 Å². The van der Waals surface area contributed by atoms with Crippen molar-refractivity contribution < 1.29 is 4.52 Å². The van der Waals surface area contributed by atoms with Crippen molar-refractivity contribution in [3.8, 4) is 11.4 Å². The van der Waals surface area contributed by atoms with Gasteiger partial charge in [0.25, 0.3) is 0 Å². The predicted molar refractivity (Wildman–Crippen MR) is 74.0 cm³/mol. The number of anilines is 1. The molecule has 0 aliphatic heterocycles. The van der Waals surface area contributed by atoms with Crippen LogP contribution < -0.4 is 4.90 Å². The van der Waals surface area contributed by atoms with Gasteiger partial charge in [-0.2, -0.15) is 9.36 Å². The van der Waals surface area contributed by atoms with Crippen molar-refractivity contribution >= 4 is 16.7 Å². The molecule has 2 heterocycles. The predicted octanol–water partition coefficient (Wildman–Crippen LogP) is 2.83. The van der Waals surface area contributed by atoms with E-state index in [1.54, 1.807) is 6.26 Å². The molecular weight excluding hydrogens is 260 g/mol. The van der Waals surface area contributed by atoms with Crippen molar-refractivity contribution in [3.05, 3.63) is 48.4 Å². The van der Waals surface area contributed by atoms with Crippen LogP contribution >= 0.6 is 11.5 Å². The maximum absolute atomic E-state index is 4.82. The van der Waals surface area contributed by atoms with E-state index in [0.717, 1.165) is 22.2 Å². The number of benzene rings is 1. The second-order valence-electron chi connectivity index (χ2n) is 4.11.